The quantitative estimate of drug-likeness (QED) is 0.0732. The first-order valence-corrected chi connectivity index (χ1v) is 16.1. The van der Waals surface area contributed by atoms with Crippen LogP contribution in [0.5, 0.6) is 0 Å². The molecule has 1 heterocycles. The molecular formula is C34H46Na2O7S. The summed E-state index contributed by atoms with van der Waals surface area (Å²) in [6.07, 6.45) is 10.9. The van der Waals surface area contributed by atoms with Crippen molar-refractivity contribution < 1.29 is 29.3 Å². The number of hydrogen-bond donors (Lipinski definition) is 3. The summed E-state index contributed by atoms with van der Waals surface area (Å²) in [5.41, 5.74) is 2.75. The molecule has 0 aliphatic rings. The first kappa shape index (κ1) is 40.9. The molecule has 0 saturated carbocycles. The van der Waals surface area contributed by atoms with E-state index in [1.165, 1.54) is 55.9 Å². The van der Waals surface area contributed by atoms with E-state index >= 15 is 0 Å². The summed E-state index contributed by atoms with van der Waals surface area (Å²) in [6.45, 7) is 4.22. The molecule has 2 aromatic carbocycles. The number of rotatable bonds is 19. The van der Waals surface area contributed by atoms with Crippen molar-refractivity contribution in [3.8, 4) is 0 Å². The molecule has 2 atom stereocenters. The number of aromatic carboxylic acids is 1. The molecule has 3 aromatic rings. The van der Waals surface area contributed by atoms with Gasteiger partial charge in [-0.05, 0) is 55.4 Å². The van der Waals surface area contributed by atoms with Crippen LogP contribution in [-0.4, -0.2) is 92.5 Å². The summed E-state index contributed by atoms with van der Waals surface area (Å²) >= 11 is 1.44. The van der Waals surface area contributed by atoms with E-state index in [1.54, 1.807) is 6.07 Å². The van der Waals surface area contributed by atoms with Gasteiger partial charge in [0.1, 0.15) is 5.58 Å². The third kappa shape index (κ3) is 12.6. The normalized spacial score (nSPS) is 12.2. The number of aliphatic hydroxyl groups is 1. The van der Waals surface area contributed by atoms with Gasteiger partial charge in [0.15, 0.2) is 5.43 Å². The van der Waals surface area contributed by atoms with E-state index in [-0.39, 0.29) is 71.1 Å². The van der Waals surface area contributed by atoms with Crippen LogP contribution < -0.4 is 5.43 Å². The Labute approximate surface area is 309 Å². The van der Waals surface area contributed by atoms with Crippen LogP contribution in [0, 0.1) is 0 Å². The summed E-state index contributed by atoms with van der Waals surface area (Å²) in [5, 5.41) is 29.8. The Morgan fingerprint density at radius 1 is 0.841 bits per heavy atom. The van der Waals surface area contributed by atoms with Gasteiger partial charge in [-0.15, -0.1) is 11.8 Å². The zero-order valence-corrected chi connectivity index (χ0v) is 25.6. The SMILES string of the molecule is CCCCCCCCCc1ccc(C(Sc2ccc3c(=O)cc(C(=O)O)oc3c2CCC)C(O)CCCC(=O)O)cc1.[NaH].[NaH]. The molecule has 44 heavy (non-hydrogen) atoms. The molecular weight excluding hydrogens is 598 g/mol. The Balaban J connectivity index is 0.00000484. The predicted molar refractivity (Wildman–Crippen MR) is 182 cm³/mol. The summed E-state index contributed by atoms with van der Waals surface area (Å²) in [4.78, 5) is 36.2. The van der Waals surface area contributed by atoms with E-state index in [0.717, 1.165) is 41.4 Å². The Bertz CT molecular complexity index is 1370. The molecule has 3 N–H and O–H groups in total. The number of carbonyl (C=O) groups is 2. The fourth-order valence-electron chi connectivity index (χ4n) is 5.24. The third-order valence-corrected chi connectivity index (χ3v) is 9.02. The average Bonchev–Trinajstić information content (AvgIpc) is 2.96. The van der Waals surface area contributed by atoms with Gasteiger partial charge in [0.05, 0.1) is 16.7 Å². The number of aliphatic carboxylic acids is 1. The standard InChI is InChI=1S/C34H44O7S.2Na.2H/c1-3-5-6-7-8-9-10-13-23-16-18-24(19-17-23)33(27(35)14-11-15-31(37)38)42-30-21-20-25-28(36)22-29(34(39)40)41-32(25)26(30)12-4-2;;;;/h16-22,27,33,35H,3-15H2,1-2H3,(H,37,38)(H,39,40);;;;. The third-order valence-electron chi connectivity index (χ3n) is 7.54. The molecule has 7 nitrogen and oxygen atoms in total. The van der Waals surface area contributed by atoms with Crippen LogP contribution in [0.15, 0.2) is 56.6 Å². The van der Waals surface area contributed by atoms with Gasteiger partial charge in [-0.25, -0.2) is 4.79 Å². The number of benzene rings is 2. The van der Waals surface area contributed by atoms with Gasteiger partial charge in [-0.1, -0.05) is 83.1 Å². The number of fused-ring (bicyclic) bond motifs is 1. The van der Waals surface area contributed by atoms with E-state index in [1.807, 2.05) is 25.1 Å². The Morgan fingerprint density at radius 2 is 1.50 bits per heavy atom. The van der Waals surface area contributed by atoms with Crippen molar-refractivity contribution in [1.29, 1.82) is 0 Å². The number of aliphatic hydroxyl groups excluding tert-OH is 1. The summed E-state index contributed by atoms with van der Waals surface area (Å²) < 4.78 is 5.72. The number of unbranched alkanes of at least 4 members (excludes halogenated alkanes) is 6. The van der Waals surface area contributed by atoms with Crippen LogP contribution in [0.3, 0.4) is 0 Å². The van der Waals surface area contributed by atoms with Crippen LogP contribution in [0.2, 0.25) is 0 Å². The topological polar surface area (TPSA) is 125 Å². The van der Waals surface area contributed by atoms with Crippen molar-refractivity contribution in [2.45, 2.75) is 114 Å². The number of carboxylic acids is 2. The van der Waals surface area contributed by atoms with Gasteiger partial charge in [0, 0.05) is 22.9 Å². The minimum atomic E-state index is -1.31. The second-order valence-electron chi connectivity index (χ2n) is 11.0. The van der Waals surface area contributed by atoms with Crippen LogP contribution in [0.25, 0.3) is 11.0 Å². The molecule has 0 aliphatic carbocycles. The van der Waals surface area contributed by atoms with E-state index in [9.17, 15) is 24.6 Å². The predicted octanol–water partition coefficient (Wildman–Crippen LogP) is 6.89. The molecule has 0 radical (unpaired) electrons. The number of aryl methyl sites for hydroxylation is 2. The number of thioether (sulfide) groups is 1. The van der Waals surface area contributed by atoms with Gasteiger partial charge >= 0.3 is 71.1 Å². The van der Waals surface area contributed by atoms with Crippen molar-refractivity contribution >= 4 is 93.8 Å². The maximum atomic E-state index is 12.7. The molecule has 0 saturated heterocycles. The van der Waals surface area contributed by atoms with Gasteiger partial charge in [-0.2, -0.15) is 0 Å². The molecule has 232 valence electrons. The number of hydrogen-bond acceptors (Lipinski definition) is 6. The average molecular weight is 645 g/mol. The zero-order valence-electron chi connectivity index (χ0n) is 24.8. The summed E-state index contributed by atoms with van der Waals surface area (Å²) in [5.74, 6) is -2.61. The molecule has 3 rings (SSSR count). The first-order chi connectivity index (χ1) is 20.2. The molecule has 1 aromatic heterocycles. The van der Waals surface area contributed by atoms with Gasteiger partial charge in [0.2, 0.25) is 5.76 Å². The van der Waals surface area contributed by atoms with Crippen molar-refractivity contribution in [1.82, 2.24) is 0 Å². The van der Waals surface area contributed by atoms with E-state index in [0.29, 0.717) is 24.6 Å². The van der Waals surface area contributed by atoms with Gasteiger partial charge in [-0.3, -0.25) is 9.59 Å². The van der Waals surface area contributed by atoms with Crippen molar-refractivity contribution in [2.24, 2.45) is 0 Å². The molecule has 0 amide bonds. The second-order valence-corrected chi connectivity index (χ2v) is 12.1. The summed E-state index contributed by atoms with van der Waals surface area (Å²) in [6, 6.07) is 12.8. The minimum absolute atomic E-state index is 0. The van der Waals surface area contributed by atoms with Crippen molar-refractivity contribution in [2.75, 3.05) is 0 Å². The van der Waals surface area contributed by atoms with E-state index < -0.39 is 34.5 Å². The second kappa shape index (κ2) is 21.6. The van der Waals surface area contributed by atoms with Crippen molar-refractivity contribution in [3.05, 3.63) is 75.1 Å². The van der Waals surface area contributed by atoms with Crippen LogP contribution in [0.4, 0.5) is 0 Å². The van der Waals surface area contributed by atoms with Crippen LogP contribution in [0.1, 0.15) is 117 Å². The number of carboxylic acid groups (broad SMARTS) is 2. The Hall–Kier alpha value is -1.10. The Kier molecular flexibility index (Phi) is 20.1. The molecule has 0 bridgehead atoms. The fourth-order valence-corrected chi connectivity index (χ4v) is 6.58. The summed E-state index contributed by atoms with van der Waals surface area (Å²) in [7, 11) is 0. The van der Waals surface area contributed by atoms with Crippen molar-refractivity contribution in [3.63, 3.8) is 0 Å². The zero-order chi connectivity index (χ0) is 30.5. The molecule has 0 fully saturated rings. The molecule has 2 unspecified atom stereocenters. The van der Waals surface area contributed by atoms with Crippen LogP contribution >= 0.6 is 11.8 Å². The molecule has 10 heteroatoms. The molecule has 0 aliphatic heterocycles. The first-order valence-electron chi connectivity index (χ1n) is 15.2. The fraction of sp³-hybridized carbons (Fsp3) is 0.500. The van der Waals surface area contributed by atoms with E-state index in [2.05, 4.69) is 19.1 Å². The maximum absolute atomic E-state index is 12.7. The van der Waals surface area contributed by atoms with Gasteiger partial charge in [0.25, 0.3) is 0 Å². The Morgan fingerprint density at radius 3 is 2.11 bits per heavy atom. The molecule has 0 spiro atoms. The van der Waals surface area contributed by atoms with Gasteiger partial charge < -0.3 is 19.7 Å². The van der Waals surface area contributed by atoms with Crippen LogP contribution in [-0.2, 0) is 17.6 Å². The van der Waals surface area contributed by atoms with E-state index in [4.69, 9.17) is 9.52 Å². The monoisotopic (exact) mass is 644 g/mol.